The maximum absolute atomic E-state index is 10.4. The molecule has 1 fully saturated rings. The van der Waals surface area contributed by atoms with E-state index >= 15 is 0 Å². The van der Waals surface area contributed by atoms with Gasteiger partial charge in [0.1, 0.15) is 0 Å². The predicted molar refractivity (Wildman–Crippen MR) is 63.6 cm³/mol. The third-order valence-corrected chi connectivity index (χ3v) is 3.27. The summed E-state index contributed by atoms with van der Waals surface area (Å²) in [5.74, 6) is 0.199. The molecule has 15 heavy (non-hydrogen) atoms. The van der Waals surface area contributed by atoms with Crippen molar-refractivity contribution in [1.82, 2.24) is 4.90 Å². The number of likely N-dealkylation sites (tertiary alicyclic amines) is 1. The zero-order valence-electron chi connectivity index (χ0n) is 10.0. The SMILES string of the molecule is CCCCCCCCN1CCC([C]=O)C1. The van der Waals surface area contributed by atoms with Crippen LogP contribution in [-0.2, 0) is 4.79 Å². The Morgan fingerprint density at radius 1 is 1.20 bits per heavy atom. The summed E-state index contributed by atoms with van der Waals surface area (Å²) in [6, 6.07) is 0. The lowest BCUT2D eigenvalue weighted by Crippen LogP contribution is -2.22. The van der Waals surface area contributed by atoms with E-state index in [0.29, 0.717) is 0 Å². The molecule has 0 bridgehead atoms. The molecule has 1 rings (SSSR count). The van der Waals surface area contributed by atoms with E-state index < -0.39 is 0 Å². The van der Waals surface area contributed by atoms with Crippen molar-refractivity contribution >= 4 is 6.29 Å². The zero-order valence-corrected chi connectivity index (χ0v) is 10.0. The highest BCUT2D eigenvalue weighted by molar-refractivity contribution is 5.55. The van der Waals surface area contributed by atoms with Crippen LogP contribution in [0.4, 0.5) is 0 Å². The lowest BCUT2D eigenvalue weighted by molar-refractivity contribution is 0.322. The fraction of sp³-hybridized carbons (Fsp3) is 0.923. The van der Waals surface area contributed by atoms with Gasteiger partial charge in [-0.05, 0) is 25.9 Å². The molecule has 1 atom stereocenters. The molecule has 1 unspecified atom stereocenters. The molecule has 2 nitrogen and oxygen atoms in total. The van der Waals surface area contributed by atoms with E-state index in [9.17, 15) is 4.79 Å². The number of unbranched alkanes of at least 4 members (excludes halogenated alkanes) is 5. The molecule has 0 aliphatic carbocycles. The van der Waals surface area contributed by atoms with E-state index in [1.807, 2.05) is 0 Å². The van der Waals surface area contributed by atoms with Gasteiger partial charge in [0.2, 0.25) is 6.29 Å². The minimum absolute atomic E-state index is 0.199. The summed E-state index contributed by atoms with van der Waals surface area (Å²) in [7, 11) is 0. The number of rotatable bonds is 8. The minimum atomic E-state index is 0.199. The Hall–Kier alpha value is -0.370. The molecule has 87 valence electrons. The van der Waals surface area contributed by atoms with Gasteiger partial charge in [-0.2, -0.15) is 0 Å². The van der Waals surface area contributed by atoms with Crippen molar-refractivity contribution in [3.8, 4) is 0 Å². The molecule has 1 saturated heterocycles. The molecule has 1 aliphatic heterocycles. The molecule has 0 aromatic heterocycles. The first-order valence-electron chi connectivity index (χ1n) is 6.47. The smallest absolute Gasteiger partial charge is 0.203 e. The van der Waals surface area contributed by atoms with Crippen LogP contribution in [0.1, 0.15) is 51.9 Å². The van der Waals surface area contributed by atoms with Crippen LogP contribution in [0.2, 0.25) is 0 Å². The summed E-state index contributed by atoms with van der Waals surface area (Å²) in [5.41, 5.74) is 0. The molecule has 2 heteroatoms. The molecular weight excluding hydrogens is 186 g/mol. The Balaban J connectivity index is 1.90. The fourth-order valence-corrected chi connectivity index (χ4v) is 2.25. The van der Waals surface area contributed by atoms with Crippen molar-refractivity contribution in [3.05, 3.63) is 0 Å². The normalized spacial score (nSPS) is 22.1. The molecule has 1 aliphatic rings. The van der Waals surface area contributed by atoms with Crippen LogP contribution in [0.3, 0.4) is 0 Å². The predicted octanol–water partition coefficient (Wildman–Crippen LogP) is 2.78. The van der Waals surface area contributed by atoms with E-state index in [1.54, 1.807) is 0 Å². The van der Waals surface area contributed by atoms with Crippen LogP contribution in [0.25, 0.3) is 0 Å². The highest BCUT2D eigenvalue weighted by Gasteiger charge is 2.21. The Kier molecular flexibility index (Phi) is 6.66. The zero-order chi connectivity index (χ0) is 10.9. The van der Waals surface area contributed by atoms with Gasteiger partial charge in [0.25, 0.3) is 0 Å². The number of hydrogen-bond donors (Lipinski definition) is 0. The lowest BCUT2D eigenvalue weighted by atomic mass is 10.1. The minimum Gasteiger partial charge on any atom is -0.303 e. The highest BCUT2D eigenvalue weighted by atomic mass is 16.1. The maximum Gasteiger partial charge on any atom is 0.203 e. The second kappa shape index (κ2) is 7.86. The fourth-order valence-electron chi connectivity index (χ4n) is 2.25. The van der Waals surface area contributed by atoms with Gasteiger partial charge in [0, 0.05) is 12.5 Å². The quantitative estimate of drug-likeness (QED) is 0.574. The summed E-state index contributed by atoms with van der Waals surface area (Å²) in [6.45, 7) is 5.50. The van der Waals surface area contributed by atoms with Gasteiger partial charge < -0.3 is 4.90 Å². The van der Waals surface area contributed by atoms with Crippen LogP contribution < -0.4 is 0 Å². The van der Waals surface area contributed by atoms with Gasteiger partial charge in [-0.3, -0.25) is 4.79 Å². The first kappa shape index (κ1) is 12.7. The summed E-state index contributed by atoms with van der Waals surface area (Å²) < 4.78 is 0. The lowest BCUT2D eigenvalue weighted by Gasteiger charge is -2.14. The topological polar surface area (TPSA) is 20.3 Å². The first-order valence-corrected chi connectivity index (χ1v) is 6.47. The van der Waals surface area contributed by atoms with Crippen molar-refractivity contribution in [2.45, 2.75) is 51.9 Å². The number of hydrogen-bond acceptors (Lipinski definition) is 2. The number of nitrogens with zero attached hydrogens (tertiary/aromatic N) is 1. The van der Waals surface area contributed by atoms with E-state index in [4.69, 9.17) is 0 Å². The second-order valence-electron chi connectivity index (χ2n) is 4.67. The standard InChI is InChI=1S/C13H24NO/c1-2-3-4-5-6-7-9-14-10-8-13(11-14)12-15/h13H,2-11H2,1H3. The van der Waals surface area contributed by atoms with Gasteiger partial charge in [-0.15, -0.1) is 0 Å². The Morgan fingerprint density at radius 3 is 2.60 bits per heavy atom. The summed E-state index contributed by atoms with van der Waals surface area (Å²) in [6.07, 6.45) is 11.3. The molecular formula is C13H24NO. The average molecular weight is 210 g/mol. The first-order chi connectivity index (χ1) is 7.36. The third-order valence-electron chi connectivity index (χ3n) is 3.27. The number of carbonyl (C=O) groups excluding carboxylic acids is 1. The molecule has 0 aromatic carbocycles. The molecule has 0 N–H and O–H groups in total. The van der Waals surface area contributed by atoms with Crippen LogP contribution in [0.15, 0.2) is 0 Å². The van der Waals surface area contributed by atoms with E-state index in [2.05, 4.69) is 18.1 Å². The van der Waals surface area contributed by atoms with E-state index in [0.717, 1.165) is 19.5 Å². The average Bonchev–Trinajstić information content (AvgIpc) is 2.71. The largest absolute Gasteiger partial charge is 0.303 e. The second-order valence-corrected chi connectivity index (χ2v) is 4.67. The van der Waals surface area contributed by atoms with Crippen molar-refractivity contribution < 1.29 is 4.79 Å². The molecule has 1 heterocycles. The molecule has 0 aromatic rings. The van der Waals surface area contributed by atoms with Crippen LogP contribution in [0.5, 0.6) is 0 Å². The van der Waals surface area contributed by atoms with Crippen LogP contribution >= 0.6 is 0 Å². The van der Waals surface area contributed by atoms with Gasteiger partial charge >= 0.3 is 0 Å². The van der Waals surface area contributed by atoms with Crippen molar-refractivity contribution in [2.24, 2.45) is 5.92 Å². The Labute approximate surface area is 94.0 Å². The van der Waals surface area contributed by atoms with Crippen molar-refractivity contribution in [2.75, 3.05) is 19.6 Å². The summed E-state index contributed by atoms with van der Waals surface area (Å²) in [4.78, 5) is 12.9. The maximum atomic E-state index is 10.4. The van der Waals surface area contributed by atoms with Crippen LogP contribution in [-0.4, -0.2) is 30.8 Å². The van der Waals surface area contributed by atoms with Crippen molar-refractivity contribution in [3.63, 3.8) is 0 Å². The molecule has 0 saturated carbocycles. The Morgan fingerprint density at radius 2 is 1.93 bits per heavy atom. The van der Waals surface area contributed by atoms with Gasteiger partial charge in [-0.1, -0.05) is 39.0 Å². The molecule has 1 radical (unpaired) electrons. The summed E-state index contributed by atoms with van der Waals surface area (Å²) >= 11 is 0. The van der Waals surface area contributed by atoms with Gasteiger partial charge in [0.15, 0.2) is 0 Å². The van der Waals surface area contributed by atoms with Gasteiger partial charge in [0.05, 0.1) is 0 Å². The van der Waals surface area contributed by atoms with Crippen LogP contribution in [0, 0.1) is 5.92 Å². The molecule has 0 amide bonds. The van der Waals surface area contributed by atoms with E-state index in [1.165, 1.54) is 45.1 Å². The van der Waals surface area contributed by atoms with Gasteiger partial charge in [-0.25, -0.2) is 0 Å². The summed E-state index contributed by atoms with van der Waals surface area (Å²) in [5, 5.41) is 0. The Bertz CT molecular complexity index is 170. The highest BCUT2D eigenvalue weighted by Crippen LogP contribution is 2.15. The molecule has 0 spiro atoms. The third kappa shape index (κ3) is 5.31. The van der Waals surface area contributed by atoms with Crippen molar-refractivity contribution in [1.29, 1.82) is 0 Å². The van der Waals surface area contributed by atoms with E-state index in [-0.39, 0.29) is 5.92 Å². The monoisotopic (exact) mass is 210 g/mol.